The Bertz CT molecular complexity index is 554. The van der Waals surface area contributed by atoms with E-state index < -0.39 is 12.4 Å². The van der Waals surface area contributed by atoms with E-state index in [2.05, 4.69) is 0 Å². The van der Waals surface area contributed by atoms with Gasteiger partial charge in [0.1, 0.15) is 5.75 Å². The van der Waals surface area contributed by atoms with Crippen molar-refractivity contribution < 1.29 is 19.0 Å². The van der Waals surface area contributed by atoms with Crippen LogP contribution in [0.5, 0.6) is 5.75 Å². The van der Waals surface area contributed by atoms with Crippen molar-refractivity contribution in [3.8, 4) is 5.75 Å². The zero-order chi connectivity index (χ0) is 15.6. The van der Waals surface area contributed by atoms with E-state index in [1.807, 2.05) is 43.3 Å². The SMILES string of the molecule is CCCOC(Cc1ccccc1)OC(=O)Oc1ccccc1. The van der Waals surface area contributed by atoms with Crippen molar-refractivity contribution in [1.29, 1.82) is 0 Å². The predicted molar refractivity (Wildman–Crippen MR) is 83.7 cm³/mol. The Labute approximate surface area is 130 Å². The van der Waals surface area contributed by atoms with Crippen LogP contribution in [0.3, 0.4) is 0 Å². The average Bonchev–Trinajstić information content (AvgIpc) is 2.54. The normalized spacial score (nSPS) is 11.7. The van der Waals surface area contributed by atoms with Crippen LogP contribution in [0.15, 0.2) is 60.7 Å². The van der Waals surface area contributed by atoms with Gasteiger partial charge < -0.3 is 14.2 Å². The van der Waals surface area contributed by atoms with E-state index in [4.69, 9.17) is 14.2 Å². The monoisotopic (exact) mass is 300 g/mol. The third-order valence-electron chi connectivity index (χ3n) is 2.93. The fraction of sp³-hybridized carbons (Fsp3) is 0.278. The van der Waals surface area contributed by atoms with Crippen LogP contribution in [0.4, 0.5) is 4.79 Å². The first-order valence-electron chi connectivity index (χ1n) is 7.37. The third kappa shape index (κ3) is 5.58. The second-order valence-corrected chi connectivity index (χ2v) is 4.77. The smallest absolute Gasteiger partial charge is 0.404 e. The lowest BCUT2D eigenvalue weighted by atomic mass is 10.1. The fourth-order valence-electron chi connectivity index (χ4n) is 1.91. The average molecular weight is 300 g/mol. The summed E-state index contributed by atoms with van der Waals surface area (Å²) in [6, 6.07) is 18.6. The van der Waals surface area contributed by atoms with Crippen molar-refractivity contribution in [2.24, 2.45) is 0 Å². The first-order valence-corrected chi connectivity index (χ1v) is 7.37. The summed E-state index contributed by atoms with van der Waals surface area (Å²) in [7, 11) is 0. The van der Waals surface area contributed by atoms with E-state index in [0.717, 1.165) is 12.0 Å². The van der Waals surface area contributed by atoms with E-state index >= 15 is 0 Å². The number of carbonyl (C=O) groups excluding carboxylic acids is 1. The number of para-hydroxylation sites is 1. The first kappa shape index (κ1) is 16.0. The maximum atomic E-state index is 11.9. The molecule has 0 amide bonds. The van der Waals surface area contributed by atoms with Crippen molar-refractivity contribution in [2.45, 2.75) is 26.1 Å². The van der Waals surface area contributed by atoms with Gasteiger partial charge in [0.2, 0.25) is 6.29 Å². The number of benzene rings is 2. The zero-order valence-electron chi connectivity index (χ0n) is 12.6. The Morgan fingerprint density at radius 1 is 1.00 bits per heavy atom. The van der Waals surface area contributed by atoms with Crippen molar-refractivity contribution in [3.05, 3.63) is 66.2 Å². The van der Waals surface area contributed by atoms with E-state index in [-0.39, 0.29) is 0 Å². The molecule has 4 heteroatoms. The number of ether oxygens (including phenoxy) is 3. The molecule has 1 unspecified atom stereocenters. The third-order valence-corrected chi connectivity index (χ3v) is 2.93. The highest BCUT2D eigenvalue weighted by Crippen LogP contribution is 2.12. The van der Waals surface area contributed by atoms with Crippen molar-refractivity contribution in [1.82, 2.24) is 0 Å². The summed E-state index contributed by atoms with van der Waals surface area (Å²) in [6.07, 6.45) is -0.0746. The molecule has 0 aliphatic rings. The summed E-state index contributed by atoms with van der Waals surface area (Å²) in [5.74, 6) is 0.446. The summed E-state index contributed by atoms with van der Waals surface area (Å²) in [6.45, 7) is 2.53. The molecular formula is C18H20O4. The molecule has 0 fully saturated rings. The summed E-state index contributed by atoms with van der Waals surface area (Å²) >= 11 is 0. The van der Waals surface area contributed by atoms with Crippen LogP contribution in [0.1, 0.15) is 18.9 Å². The predicted octanol–water partition coefficient (Wildman–Crippen LogP) is 4.20. The van der Waals surface area contributed by atoms with Gasteiger partial charge in [-0.2, -0.15) is 0 Å². The number of hydrogen-bond donors (Lipinski definition) is 0. The van der Waals surface area contributed by atoms with Gasteiger partial charge in [-0.1, -0.05) is 55.5 Å². The van der Waals surface area contributed by atoms with Gasteiger partial charge in [-0.3, -0.25) is 0 Å². The minimum Gasteiger partial charge on any atom is -0.404 e. The molecule has 2 rings (SSSR count). The molecule has 0 aliphatic carbocycles. The standard InChI is InChI=1S/C18H20O4/c1-2-13-20-17(14-15-9-5-3-6-10-15)22-18(19)21-16-11-7-4-8-12-16/h3-12,17H,2,13-14H2,1H3. The van der Waals surface area contributed by atoms with Crippen LogP contribution in [0.25, 0.3) is 0 Å². The van der Waals surface area contributed by atoms with Crippen molar-refractivity contribution in [3.63, 3.8) is 0 Å². The Morgan fingerprint density at radius 3 is 2.27 bits per heavy atom. The van der Waals surface area contributed by atoms with Gasteiger partial charge in [0.25, 0.3) is 0 Å². The number of rotatable bonds is 7. The lowest BCUT2D eigenvalue weighted by molar-refractivity contribution is -0.112. The topological polar surface area (TPSA) is 44.8 Å². The Kier molecular flexibility index (Phi) is 6.45. The summed E-state index contributed by atoms with van der Waals surface area (Å²) in [5, 5.41) is 0. The second kappa shape index (κ2) is 8.85. The first-order chi connectivity index (χ1) is 10.8. The minimum atomic E-state index is -0.761. The summed E-state index contributed by atoms with van der Waals surface area (Å²) < 4.78 is 16.0. The van der Waals surface area contributed by atoms with Gasteiger partial charge >= 0.3 is 6.16 Å². The van der Waals surface area contributed by atoms with Crippen LogP contribution >= 0.6 is 0 Å². The highest BCUT2D eigenvalue weighted by Gasteiger charge is 2.17. The van der Waals surface area contributed by atoms with Gasteiger partial charge in [0.05, 0.1) is 6.61 Å². The van der Waals surface area contributed by atoms with E-state index in [0.29, 0.717) is 18.8 Å². The lowest BCUT2D eigenvalue weighted by Gasteiger charge is -2.18. The molecule has 0 saturated heterocycles. The molecule has 2 aromatic rings. The lowest BCUT2D eigenvalue weighted by Crippen LogP contribution is -2.26. The van der Waals surface area contributed by atoms with Crippen LogP contribution in [-0.4, -0.2) is 19.1 Å². The largest absolute Gasteiger partial charge is 0.516 e. The quantitative estimate of drug-likeness (QED) is 0.437. The molecule has 0 aromatic heterocycles. The number of carbonyl (C=O) groups is 1. The Morgan fingerprint density at radius 2 is 1.64 bits per heavy atom. The number of hydrogen-bond acceptors (Lipinski definition) is 4. The van der Waals surface area contributed by atoms with E-state index in [9.17, 15) is 4.79 Å². The Hall–Kier alpha value is -2.33. The van der Waals surface area contributed by atoms with Gasteiger partial charge in [-0.15, -0.1) is 0 Å². The molecule has 1 atom stereocenters. The molecule has 0 bridgehead atoms. The highest BCUT2D eigenvalue weighted by molar-refractivity contribution is 5.63. The van der Waals surface area contributed by atoms with E-state index in [1.54, 1.807) is 24.3 Å². The summed E-state index contributed by atoms with van der Waals surface area (Å²) in [4.78, 5) is 11.9. The van der Waals surface area contributed by atoms with Gasteiger partial charge in [0, 0.05) is 6.42 Å². The highest BCUT2D eigenvalue weighted by atomic mass is 16.8. The molecule has 0 N–H and O–H groups in total. The van der Waals surface area contributed by atoms with E-state index in [1.165, 1.54) is 0 Å². The molecule has 0 saturated carbocycles. The fourth-order valence-corrected chi connectivity index (χ4v) is 1.91. The van der Waals surface area contributed by atoms with Crippen LogP contribution in [0.2, 0.25) is 0 Å². The van der Waals surface area contributed by atoms with Gasteiger partial charge in [-0.05, 0) is 24.1 Å². The Balaban J connectivity index is 1.92. The van der Waals surface area contributed by atoms with Gasteiger partial charge in [0.15, 0.2) is 0 Å². The van der Waals surface area contributed by atoms with Crippen molar-refractivity contribution in [2.75, 3.05) is 6.61 Å². The van der Waals surface area contributed by atoms with Gasteiger partial charge in [-0.25, -0.2) is 4.79 Å². The molecule has 2 aromatic carbocycles. The molecule has 22 heavy (non-hydrogen) atoms. The van der Waals surface area contributed by atoms with Crippen LogP contribution in [0, 0.1) is 0 Å². The maximum Gasteiger partial charge on any atom is 0.516 e. The molecule has 0 spiro atoms. The molecule has 0 aliphatic heterocycles. The molecular weight excluding hydrogens is 280 g/mol. The second-order valence-electron chi connectivity index (χ2n) is 4.77. The molecule has 4 nitrogen and oxygen atoms in total. The zero-order valence-corrected chi connectivity index (χ0v) is 12.6. The molecule has 116 valence electrons. The maximum absolute atomic E-state index is 11.9. The van der Waals surface area contributed by atoms with Crippen LogP contribution < -0.4 is 4.74 Å². The molecule has 0 radical (unpaired) electrons. The minimum absolute atomic E-state index is 0.446. The molecule has 0 heterocycles. The van der Waals surface area contributed by atoms with Crippen molar-refractivity contribution >= 4 is 6.16 Å². The van der Waals surface area contributed by atoms with Crippen LogP contribution in [-0.2, 0) is 15.9 Å². The summed E-state index contributed by atoms with van der Waals surface area (Å²) in [5.41, 5.74) is 1.04.